The van der Waals surface area contributed by atoms with Gasteiger partial charge in [0.25, 0.3) is 0 Å². The number of para-hydroxylation sites is 1. The summed E-state index contributed by atoms with van der Waals surface area (Å²) < 4.78 is 5.33. The second-order valence-electron chi connectivity index (χ2n) is 4.89. The van der Waals surface area contributed by atoms with Gasteiger partial charge in [-0.25, -0.2) is 0 Å². The van der Waals surface area contributed by atoms with E-state index in [0.717, 1.165) is 30.8 Å². The van der Waals surface area contributed by atoms with E-state index in [0.29, 0.717) is 0 Å². The fourth-order valence-corrected chi connectivity index (χ4v) is 2.23. The van der Waals surface area contributed by atoms with Crippen molar-refractivity contribution < 1.29 is 4.74 Å². The van der Waals surface area contributed by atoms with E-state index >= 15 is 0 Å². The first kappa shape index (κ1) is 14.6. The van der Waals surface area contributed by atoms with Gasteiger partial charge in [0.05, 0.1) is 7.11 Å². The third-order valence-corrected chi connectivity index (χ3v) is 3.26. The average molecular weight is 270 g/mol. The maximum absolute atomic E-state index is 6.15. The lowest BCUT2D eigenvalue weighted by molar-refractivity contribution is 0.407. The van der Waals surface area contributed by atoms with Crippen molar-refractivity contribution >= 4 is 0 Å². The molecule has 2 aromatic rings. The maximum Gasteiger partial charge on any atom is 0.123 e. The fourth-order valence-electron chi connectivity index (χ4n) is 2.23. The number of nitrogens with two attached hydrogens (primary N) is 1. The van der Waals surface area contributed by atoms with Crippen LogP contribution in [0.25, 0.3) is 0 Å². The van der Waals surface area contributed by atoms with Crippen molar-refractivity contribution in [2.45, 2.75) is 19.0 Å². The Morgan fingerprint density at radius 3 is 2.50 bits per heavy atom. The SMILES string of the molecule is COc1ccccc1CNCC(N)Cc1ccccc1. The molecule has 0 aliphatic heterocycles. The highest BCUT2D eigenvalue weighted by molar-refractivity contribution is 5.33. The second kappa shape index (κ2) is 7.68. The molecule has 2 aromatic carbocycles. The molecule has 1 atom stereocenters. The lowest BCUT2D eigenvalue weighted by atomic mass is 10.1. The van der Waals surface area contributed by atoms with Crippen LogP contribution in [0.3, 0.4) is 0 Å². The molecule has 0 aliphatic rings. The molecular weight excluding hydrogens is 248 g/mol. The monoisotopic (exact) mass is 270 g/mol. The highest BCUT2D eigenvalue weighted by atomic mass is 16.5. The third-order valence-electron chi connectivity index (χ3n) is 3.26. The molecule has 3 N–H and O–H groups in total. The van der Waals surface area contributed by atoms with Crippen LogP contribution < -0.4 is 15.8 Å². The number of methoxy groups -OCH3 is 1. The maximum atomic E-state index is 6.15. The minimum atomic E-state index is 0.118. The van der Waals surface area contributed by atoms with Crippen LogP contribution in [0.4, 0.5) is 0 Å². The molecule has 0 aliphatic carbocycles. The predicted octanol–water partition coefficient (Wildman–Crippen LogP) is 2.35. The summed E-state index contributed by atoms with van der Waals surface area (Å²) in [4.78, 5) is 0. The Bertz CT molecular complexity index is 513. The molecule has 3 nitrogen and oxygen atoms in total. The number of ether oxygens (including phenoxy) is 1. The molecule has 0 fully saturated rings. The highest BCUT2D eigenvalue weighted by Gasteiger charge is 2.05. The van der Waals surface area contributed by atoms with Gasteiger partial charge in [0.15, 0.2) is 0 Å². The molecule has 0 saturated heterocycles. The first-order valence-electron chi connectivity index (χ1n) is 6.91. The Morgan fingerprint density at radius 2 is 1.75 bits per heavy atom. The Labute approximate surface area is 120 Å². The fraction of sp³-hybridized carbons (Fsp3) is 0.294. The average Bonchev–Trinajstić information content (AvgIpc) is 2.49. The van der Waals surface area contributed by atoms with Crippen LogP contribution >= 0.6 is 0 Å². The smallest absolute Gasteiger partial charge is 0.123 e. The van der Waals surface area contributed by atoms with Gasteiger partial charge in [0.2, 0.25) is 0 Å². The van der Waals surface area contributed by atoms with Gasteiger partial charge in [0.1, 0.15) is 5.75 Å². The Kier molecular flexibility index (Phi) is 5.59. The zero-order chi connectivity index (χ0) is 14.2. The van der Waals surface area contributed by atoms with E-state index in [1.807, 2.05) is 36.4 Å². The van der Waals surface area contributed by atoms with E-state index in [1.165, 1.54) is 5.56 Å². The van der Waals surface area contributed by atoms with Gasteiger partial charge in [-0.2, -0.15) is 0 Å². The molecule has 0 aromatic heterocycles. The minimum Gasteiger partial charge on any atom is -0.496 e. The van der Waals surface area contributed by atoms with Crippen LogP contribution in [0.5, 0.6) is 5.75 Å². The molecule has 0 bridgehead atoms. The van der Waals surface area contributed by atoms with Gasteiger partial charge in [-0.15, -0.1) is 0 Å². The van der Waals surface area contributed by atoms with Crippen LogP contribution in [0.15, 0.2) is 54.6 Å². The summed E-state index contributed by atoms with van der Waals surface area (Å²) in [5.41, 5.74) is 8.58. The van der Waals surface area contributed by atoms with E-state index in [-0.39, 0.29) is 6.04 Å². The lowest BCUT2D eigenvalue weighted by Gasteiger charge is -2.14. The topological polar surface area (TPSA) is 47.3 Å². The number of hydrogen-bond acceptors (Lipinski definition) is 3. The number of benzene rings is 2. The third kappa shape index (κ3) is 4.37. The van der Waals surface area contributed by atoms with Crippen LogP contribution in [-0.4, -0.2) is 19.7 Å². The van der Waals surface area contributed by atoms with E-state index < -0.39 is 0 Å². The summed E-state index contributed by atoms with van der Waals surface area (Å²) in [7, 11) is 1.69. The summed E-state index contributed by atoms with van der Waals surface area (Å²) in [5.74, 6) is 0.914. The molecule has 2 rings (SSSR count). The first-order chi connectivity index (χ1) is 9.79. The molecule has 106 valence electrons. The van der Waals surface area contributed by atoms with Crippen molar-refractivity contribution in [2.24, 2.45) is 5.73 Å². The van der Waals surface area contributed by atoms with Crippen molar-refractivity contribution in [3.63, 3.8) is 0 Å². The Hall–Kier alpha value is -1.84. The molecule has 0 amide bonds. The molecule has 0 heterocycles. The largest absolute Gasteiger partial charge is 0.496 e. The molecule has 1 unspecified atom stereocenters. The normalized spacial score (nSPS) is 12.1. The van der Waals surface area contributed by atoms with E-state index in [2.05, 4.69) is 23.5 Å². The predicted molar refractivity (Wildman–Crippen MR) is 82.8 cm³/mol. The van der Waals surface area contributed by atoms with Crippen molar-refractivity contribution in [3.8, 4) is 5.75 Å². The highest BCUT2D eigenvalue weighted by Crippen LogP contribution is 2.16. The van der Waals surface area contributed by atoms with Crippen LogP contribution in [-0.2, 0) is 13.0 Å². The molecular formula is C17H22N2O. The second-order valence-corrected chi connectivity index (χ2v) is 4.89. The zero-order valence-electron chi connectivity index (χ0n) is 11.9. The quantitative estimate of drug-likeness (QED) is 0.812. The molecule has 3 heteroatoms. The summed E-state index contributed by atoms with van der Waals surface area (Å²) in [6, 6.07) is 18.5. The van der Waals surface area contributed by atoms with Crippen molar-refractivity contribution in [2.75, 3.05) is 13.7 Å². The number of hydrogen-bond donors (Lipinski definition) is 2. The van der Waals surface area contributed by atoms with Crippen molar-refractivity contribution in [1.82, 2.24) is 5.32 Å². The summed E-state index contributed by atoms with van der Waals surface area (Å²) in [6.45, 7) is 1.56. The summed E-state index contributed by atoms with van der Waals surface area (Å²) in [6.07, 6.45) is 0.889. The van der Waals surface area contributed by atoms with Gasteiger partial charge in [0, 0.05) is 24.7 Å². The van der Waals surface area contributed by atoms with Gasteiger partial charge in [-0.1, -0.05) is 48.5 Å². The Morgan fingerprint density at radius 1 is 1.05 bits per heavy atom. The zero-order valence-corrected chi connectivity index (χ0v) is 11.9. The van der Waals surface area contributed by atoms with Crippen molar-refractivity contribution in [1.29, 1.82) is 0 Å². The molecule has 0 spiro atoms. The van der Waals surface area contributed by atoms with Crippen LogP contribution in [0, 0.1) is 0 Å². The first-order valence-corrected chi connectivity index (χ1v) is 6.91. The number of nitrogens with one attached hydrogen (secondary N) is 1. The summed E-state index contributed by atoms with van der Waals surface area (Å²) >= 11 is 0. The van der Waals surface area contributed by atoms with E-state index in [9.17, 15) is 0 Å². The van der Waals surface area contributed by atoms with Crippen LogP contribution in [0.2, 0.25) is 0 Å². The molecule has 0 saturated carbocycles. The van der Waals surface area contributed by atoms with E-state index in [1.54, 1.807) is 7.11 Å². The summed E-state index contributed by atoms with van der Waals surface area (Å²) in [5, 5.41) is 3.39. The van der Waals surface area contributed by atoms with Gasteiger partial charge >= 0.3 is 0 Å². The van der Waals surface area contributed by atoms with Crippen molar-refractivity contribution in [3.05, 3.63) is 65.7 Å². The van der Waals surface area contributed by atoms with Gasteiger partial charge in [-0.05, 0) is 18.1 Å². The standard InChI is InChI=1S/C17H22N2O/c1-20-17-10-6-5-9-15(17)12-19-13-16(18)11-14-7-3-2-4-8-14/h2-10,16,19H,11-13,18H2,1H3. The minimum absolute atomic E-state index is 0.118. The van der Waals surface area contributed by atoms with Gasteiger partial charge < -0.3 is 15.8 Å². The molecule has 20 heavy (non-hydrogen) atoms. The Balaban J connectivity index is 1.78. The lowest BCUT2D eigenvalue weighted by Crippen LogP contribution is -2.35. The number of rotatable bonds is 7. The van der Waals surface area contributed by atoms with Crippen LogP contribution in [0.1, 0.15) is 11.1 Å². The van der Waals surface area contributed by atoms with Gasteiger partial charge in [-0.3, -0.25) is 0 Å². The van der Waals surface area contributed by atoms with E-state index in [4.69, 9.17) is 10.5 Å². The molecule has 0 radical (unpaired) electrons.